The number of carbonyl (C=O) groups excluding carboxylic acids is 1. The highest BCUT2D eigenvalue weighted by atomic mass is 16.1. The van der Waals surface area contributed by atoms with Gasteiger partial charge in [0, 0.05) is 13.0 Å². The van der Waals surface area contributed by atoms with Gasteiger partial charge < -0.3 is 5.32 Å². The van der Waals surface area contributed by atoms with Crippen LogP contribution in [0.1, 0.15) is 86.5 Å². The number of carbonyl (C=O) groups is 1. The molecule has 0 spiro atoms. The van der Waals surface area contributed by atoms with Gasteiger partial charge in [-0.05, 0) is 23.7 Å². The van der Waals surface area contributed by atoms with Gasteiger partial charge in [0.1, 0.15) is 0 Å². The van der Waals surface area contributed by atoms with Gasteiger partial charge in [0.25, 0.3) is 0 Å². The quantitative estimate of drug-likeness (QED) is 0.591. The monoisotopic (exact) mass is 269 g/mol. The van der Waals surface area contributed by atoms with Gasteiger partial charge in [-0.2, -0.15) is 0 Å². The summed E-state index contributed by atoms with van der Waals surface area (Å²) in [6.07, 6.45) is 8.15. The van der Waals surface area contributed by atoms with E-state index in [2.05, 4.69) is 46.9 Å². The zero-order valence-corrected chi connectivity index (χ0v) is 14.1. The number of unbranched alkanes of at least 4 members (excludes halogenated alkanes) is 3. The van der Waals surface area contributed by atoms with Crippen LogP contribution < -0.4 is 5.32 Å². The van der Waals surface area contributed by atoms with Crippen molar-refractivity contribution < 1.29 is 4.79 Å². The standard InChI is InChI=1S/C17H35NO/c1-7-17(5,6)12-10-8-9-11-13-18-15(19)14-16(2,3)4/h7-14H2,1-6H3,(H,18,19). The summed E-state index contributed by atoms with van der Waals surface area (Å²) in [5.41, 5.74) is 0.594. The van der Waals surface area contributed by atoms with Crippen LogP contribution in [0.4, 0.5) is 0 Å². The summed E-state index contributed by atoms with van der Waals surface area (Å²) in [6.45, 7) is 14.1. The third-order valence-corrected chi connectivity index (χ3v) is 3.75. The van der Waals surface area contributed by atoms with Crippen LogP contribution in [-0.2, 0) is 4.79 Å². The van der Waals surface area contributed by atoms with E-state index in [0.29, 0.717) is 11.8 Å². The van der Waals surface area contributed by atoms with Gasteiger partial charge in [-0.15, -0.1) is 0 Å². The van der Waals surface area contributed by atoms with Crippen LogP contribution in [0.15, 0.2) is 0 Å². The van der Waals surface area contributed by atoms with E-state index in [4.69, 9.17) is 0 Å². The zero-order valence-electron chi connectivity index (χ0n) is 14.1. The molecule has 114 valence electrons. The first-order chi connectivity index (χ1) is 8.66. The third kappa shape index (κ3) is 12.3. The van der Waals surface area contributed by atoms with Crippen LogP contribution in [0.25, 0.3) is 0 Å². The molecule has 0 aliphatic heterocycles. The number of nitrogens with one attached hydrogen (secondary N) is 1. The second-order valence-corrected chi connectivity index (χ2v) is 7.77. The van der Waals surface area contributed by atoms with E-state index in [1.165, 1.54) is 32.1 Å². The molecule has 1 N–H and O–H groups in total. The Balaban J connectivity index is 3.44. The van der Waals surface area contributed by atoms with Crippen LogP contribution in [0.3, 0.4) is 0 Å². The van der Waals surface area contributed by atoms with E-state index in [1.54, 1.807) is 0 Å². The van der Waals surface area contributed by atoms with E-state index in [-0.39, 0.29) is 11.3 Å². The number of hydrogen-bond donors (Lipinski definition) is 1. The van der Waals surface area contributed by atoms with Gasteiger partial charge in [-0.1, -0.05) is 67.2 Å². The predicted molar refractivity (Wildman–Crippen MR) is 84.2 cm³/mol. The maximum Gasteiger partial charge on any atom is 0.220 e. The second kappa shape index (κ2) is 8.60. The summed E-state index contributed by atoms with van der Waals surface area (Å²) < 4.78 is 0. The molecule has 0 heterocycles. The molecule has 0 aromatic rings. The molecule has 0 aliphatic rings. The van der Waals surface area contributed by atoms with Crippen molar-refractivity contribution in [2.75, 3.05) is 6.54 Å². The molecule has 0 rings (SSSR count). The van der Waals surface area contributed by atoms with E-state index in [9.17, 15) is 4.79 Å². The third-order valence-electron chi connectivity index (χ3n) is 3.75. The van der Waals surface area contributed by atoms with E-state index < -0.39 is 0 Å². The number of rotatable bonds is 9. The lowest BCUT2D eigenvalue weighted by atomic mass is 9.84. The maximum absolute atomic E-state index is 11.6. The Bertz CT molecular complexity index is 250. The summed E-state index contributed by atoms with van der Waals surface area (Å²) in [5, 5.41) is 3.02. The van der Waals surface area contributed by atoms with Crippen molar-refractivity contribution >= 4 is 5.91 Å². The normalized spacial score (nSPS) is 12.5. The Morgan fingerprint density at radius 1 is 0.947 bits per heavy atom. The van der Waals surface area contributed by atoms with Crippen LogP contribution in [0.5, 0.6) is 0 Å². The van der Waals surface area contributed by atoms with Crippen molar-refractivity contribution in [3.63, 3.8) is 0 Å². The fraction of sp³-hybridized carbons (Fsp3) is 0.941. The van der Waals surface area contributed by atoms with Gasteiger partial charge >= 0.3 is 0 Å². The fourth-order valence-corrected chi connectivity index (χ4v) is 2.03. The molecule has 0 radical (unpaired) electrons. The van der Waals surface area contributed by atoms with Crippen LogP contribution in [-0.4, -0.2) is 12.5 Å². The molecule has 0 atom stereocenters. The highest BCUT2D eigenvalue weighted by Crippen LogP contribution is 2.27. The summed E-state index contributed by atoms with van der Waals surface area (Å²) in [7, 11) is 0. The largest absolute Gasteiger partial charge is 0.356 e. The zero-order chi connectivity index (χ0) is 14.9. The smallest absolute Gasteiger partial charge is 0.220 e. The molecule has 0 aromatic heterocycles. The lowest BCUT2D eigenvalue weighted by Crippen LogP contribution is -2.28. The summed E-state index contributed by atoms with van der Waals surface area (Å²) in [4.78, 5) is 11.6. The molecule has 0 saturated carbocycles. The Morgan fingerprint density at radius 3 is 2.05 bits per heavy atom. The van der Waals surface area contributed by atoms with Gasteiger partial charge in [0.05, 0.1) is 0 Å². The number of hydrogen-bond acceptors (Lipinski definition) is 1. The lowest BCUT2D eigenvalue weighted by molar-refractivity contribution is -0.122. The first kappa shape index (κ1) is 18.5. The van der Waals surface area contributed by atoms with Crippen LogP contribution in [0.2, 0.25) is 0 Å². The maximum atomic E-state index is 11.6. The molecule has 2 nitrogen and oxygen atoms in total. The minimum Gasteiger partial charge on any atom is -0.356 e. The fourth-order valence-electron chi connectivity index (χ4n) is 2.03. The van der Waals surface area contributed by atoms with Crippen molar-refractivity contribution in [3.8, 4) is 0 Å². The average molecular weight is 269 g/mol. The highest BCUT2D eigenvalue weighted by Gasteiger charge is 2.15. The van der Waals surface area contributed by atoms with Gasteiger partial charge in [-0.25, -0.2) is 0 Å². The molecule has 1 amide bonds. The Labute approximate surface area is 120 Å². The van der Waals surface area contributed by atoms with Crippen molar-refractivity contribution in [1.29, 1.82) is 0 Å². The minimum atomic E-state index is 0.0931. The molecular weight excluding hydrogens is 234 g/mol. The molecule has 0 bridgehead atoms. The van der Waals surface area contributed by atoms with Gasteiger partial charge in [0.15, 0.2) is 0 Å². The SMILES string of the molecule is CCC(C)(C)CCCCCCNC(=O)CC(C)(C)C. The molecule has 0 saturated heterocycles. The molecule has 2 heteroatoms. The van der Waals surface area contributed by atoms with Gasteiger partial charge in [-0.3, -0.25) is 4.79 Å². The van der Waals surface area contributed by atoms with Crippen LogP contribution in [0, 0.1) is 10.8 Å². The highest BCUT2D eigenvalue weighted by molar-refractivity contribution is 5.76. The van der Waals surface area contributed by atoms with E-state index >= 15 is 0 Å². The summed E-state index contributed by atoms with van der Waals surface area (Å²) in [6, 6.07) is 0. The second-order valence-electron chi connectivity index (χ2n) is 7.77. The van der Waals surface area contributed by atoms with Gasteiger partial charge in [0.2, 0.25) is 5.91 Å². The molecule has 0 unspecified atom stereocenters. The topological polar surface area (TPSA) is 29.1 Å². The Morgan fingerprint density at radius 2 is 1.53 bits per heavy atom. The Hall–Kier alpha value is -0.530. The average Bonchev–Trinajstić information content (AvgIpc) is 2.25. The molecule has 0 fully saturated rings. The van der Waals surface area contributed by atoms with Crippen molar-refractivity contribution in [3.05, 3.63) is 0 Å². The lowest BCUT2D eigenvalue weighted by Gasteiger charge is -2.22. The minimum absolute atomic E-state index is 0.0931. The molecule has 0 aromatic carbocycles. The number of amides is 1. The molecular formula is C17H35NO. The van der Waals surface area contributed by atoms with Crippen molar-refractivity contribution in [2.45, 2.75) is 86.5 Å². The van der Waals surface area contributed by atoms with Crippen molar-refractivity contribution in [2.24, 2.45) is 10.8 Å². The summed E-state index contributed by atoms with van der Waals surface area (Å²) >= 11 is 0. The van der Waals surface area contributed by atoms with E-state index in [0.717, 1.165) is 13.0 Å². The Kier molecular flexibility index (Phi) is 8.36. The predicted octanol–water partition coefficient (Wildman–Crippen LogP) is 4.93. The molecule has 19 heavy (non-hydrogen) atoms. The van der Waals surface area contributed by atoms with E-state index in [1.807, 2.05) is 0 Å². The van der Waals surface area contributed by atoms with Crippen LogP contribution >= 0.6 is 0 Å². The first-order valence-corrected chi connectivity index (χ1v) is 7.93. The summed E-state index contributed by atoms with van der Waals surface area (Å²) in [5.74, 6) is 0.194. The van der Waals surface area contributed by atoms with Crippen molar-refractivity contribution in [1.82, 2.24) is 5.32 Å². The molecule has 0 aliphatic carbocycles. The first-order valence-electron chi connectivity index (χ1n) is 7.93.